The van der Waals surface area contributed by atoms with Crippen molar-refractivity contribution in [2.24, 2.45) is 0 Å². The number of hydrogen-bond donors (Lipinski definition) is 2. The summed E-state index contributed by atoms with van der Waals surface area (Å²) in [5.41, 5.74) is 2.35. The molecule has 2 N–H and O–H groups in total. The van der Waals surface area contributed by atoms with Gasteiger partial charge in [-0.05, 0) is 61.0 Å². The number of amides is 2. The van der Waals surface area contributed by atoms with Gasteiger partial charge in [-0.2, -0.15) is 0 Å². The molecule has 0 atom stereocenters. The van der Waals surface area contributed by atoms with Gasteiger partial charge in [0.2, 0.25) is 11.8 Å². The fourth-order valence-corrected chi connectivity index (χ4v) is 2.58. The van der Waals surface area contributed by atoms with Gasteiger partial charge in [-0.3, -0.25) is 9.59 Å². The van der Waals surface area contributed by atoms with Crippen LogP contribution in [0.25, 0.3) is 0 Å². The maximum Gasteiger partial charge on any atom is 0.250 e. The van der Waals surface area contributed by atoms with Crippen molar-refractivity contribution in [1.29, 1.82) is 0 Å². The van der Waals surface area contributed by atoms with Crippen molar-refractivity contribution in [2.45, 2.75) is 6.92 Å². The monoisotopic (exact) mass is 390 g/mol. The number of benzene rings is 3. The molecule has 0 bridgehead atoms. The van der Waals surface area contributed by atoms with Crippen molar-refractivity contribution in [3.63, 3.8) is 0 Å². The highest BCUT2D eigenvalue weighted by atomic mass is 16.5. The molecule has 0 spiro atoms. The fourth-order valence-electron chi connectivity index (χ4n) is 2.58. The minimum atomic E-state index is -0.343. The Balaban J connectivity index is 1.39. The van der Waals surface area contributed by atoms with Crippen LogP contribution in [-0.4, -0.2) is 25.0 Å². The van der Waals surface area contributed by atoms with E-state index in [0.717, 1.165) is 11.3 Å². The minimum Gasteiger partial charge on any atom is -0.457 e. The van der Waals surface area contributed by atoms with Gasteiger partial charge in [-0.15, -0.1) is 0 Å². The second kappa shape index (κ2) is 10.1. The largest absolute Gasteiger partial charge is 0.457 e. The van der Waals surface area contributed by atoms with Crippen molar-refractivity contribution in [1.82, 2.24) is 0 Å². The standard InChI is InChI=1S/C23H22N2O4/c1-17-6-5-7-19(14-17)25-23(27)16-28-15-22(26)24-18-10-12-21(13-11-18)29-20-8-3-2-4-9-20/h2-14H,15-16H2,1H3,(H,24,26)(H,25,27). The molecule has 3 aromatic carbocycles. The lowest BCUT2D eigenvalue weighted by Gasteiger charge is -2.09. The Hall–Kier alpha value is -3.64. The molecule has 0 radical (unpaired) electrons. The maximum absolute atomic E-state index is 12.0. The number of aryl methyl sites for hydroxylation is 1. The van der Waals surface area contributed by atoms with Gasteiger partial charge in [0.25, 0.3) is 0 Å². The van der Waals surface area contributed by atoms with E-state index in [2.05, 4.69) is 10.6 Å². The predicted octanol–water partition coefficient (Wildman–Crippen LogP) is 4.38. The lowest BCUT2D eigenvalue weighted by molar-refractivity contribution is -0.125. The highest BCUT2D eigenvalue weighted by Crippen LogP contribution is 2.22. The van der Waals surface area contributed by atoms with E-state index in [0.29, 0.717) is 17.1 Å². The molecule has 29 heavy (non-hydrogen) atoms. The van der Waals surface area contributed by atoms with Crippen LogP contribution in [0.15, 0.2) is 78.9 Å². The van der Waals surface area contributed by atoms with Crippen LogP contribution >= 0.6 is 0 Å². The smallest absolute Gasteiger partial charge is 0.250 e. The summed E-state index contributed by atoms with van der Waals surface area (Å²) >= 11 is 0. The molecule has 0 aliphatic carbocycles. The molecule has 2 amide bonds. The molecule has 6 heteroatoms. The van der Waals surface area contributed by atoms with Gasteiger partial charge in [0.05, 0.1) is 0 Å². The highest BCUT2D eigenvalue weighted by molar-refractivity contribution is 5.93. The van der Waals surface area contributed by atoms with Gasteiger partial charge in [-0.25, -0.2) is 0 Å². The average Bonchev–Trinajstić information content (AvgIpc) is 2.70. The third-order valence-electron chi connectivity index (χ3n) is 3.89. The topological polar surface area (TPSA) is 76.7 Å². The van der Waals surface area contributed by atoms with Gasteiger partial charge in [0.1, 0.15) is 24.7 Å². The van der Waals surface area contributed by atoms with Crippen LogP contribution in [0.1, 0.15) is 5.56 Å². The zero-order valence-electron chi connectivity index (χ0n) is 16.1. The zero-order chi connectivity index (χ0) is 20.5. The molecule has 3 aromatic rings. The lowest BCUT2D eigenvalue weighted by atomic mass is 10.2. The summed E-state index contributed by atoms with van der Waals surface area (Å²) in [4.78, 5) is 23.8. The number of hydrogen-bond acceptors (Lipinski definition) is 4. The summed E-state index contributed by atoms with van der Waals surface area (Å²) in [6.07, 6.45) is 0. The van der Waals surface area contributed by atoms with E-state index < -0.39 is 0 Å². The number of rotatable bonds is 8. The summed E-state index contributed by atoms with van der Waals surface area (Å²) in [7, 11) is 0. The summed E-state index contributed by atoms with van der Waals surface area (Å²) in [5.74, 6) is 0.746. The number of carbonyl (C=O) groups excluding carboxylic acids is 2. The van der Waals surface area contributed by atoms with Gasteiger partial charge in [-0.1, -0.05) is 30.3 Å². The van der Waals surface area contributed by atoms with Crippen LogP contribution in [0.4, 0.5) is 11.4 Å². The number of ether oxygens (including phenoxy) is 2. The summed E-state index contributed by atoms with van der Waals surface area (Å²) in [6, 6.07) is 23.9. The zero-order valence-corrected chi connectivity index (χ0v) is 16.1. The van der Waals surface area contributed by atoms with E-state index in [1.165, 1.54) is 0 Å². The molecular weight excluding hydrogens is 368 g/mol. The van der Waals surface area contributed by atoms with Gasteiger partial charge >= 0.3 is 0 Å². The van der Waals surface area contributed by atoms with Crippen molar-refractivity contribution < 1.29 is 19.1 Å². The third kappa shape index (κ3) is 6.79. The number of para-hydroxylation sites is 1. The quantitative estimate of drug-likeness (QED) is 0.598. The fraction of sp³-hybridized carbons (Fsp3) is 0.130. The molecule has 3 rings (SSSR count). The van der Waals surface area contributed by atoms with Crippen molar-refractivity contribution in [2.75, 3.05) is 23.8 Å². The average molecular weight is 390 g/mol. The first kappa shape index (κ1) is 20.1. The number of carbonyl (C=O) groups is 2. The first-order valence-electron chi connectivity index (χ1n) is 9.15. The Labute approximate surface area is 169 Å². The molecule has 0 aliphatic heterocycles. The number of anilines is 2. The minimum absolute atomic E-state index is 0.203. The molecule has 0 unspecified atom stereocenters. The SMILES string of the molecule is Cc1cccc(NC(=O)COCC(=O)Nc2ccc(Oc3ccccc3)cc2)c1. The molecule has 6 nitrogen and oxygen atoms in total. The third-order valence-corrected chi connectivity index (χ3v) is 3.89. The van der Waals surface area contributed by atoms with E-state index in [-0.39, 0.29) is 25.0 Å². The molecule has 0 aliphatic rings. The van der Waals surface area contributed by atoms with Crippen LogP contribution in [-0.2, 0) is 14.3 Å². The molecule has 0 heterocycles. The second-order valence-electron chi connectivity index (χ2n) is 6.40. The van der Waals surface area contributed by atoms with Crippen LogP contribution in [0.2, 0.25) is 0 Å². The highest BCUT2D eigenvalue weighted by Gasteiger charge is 2.07. The first-order valence-corrected chi connectivity index (χ1v) is 9.15. The van der Waals surface area contributed by atoms with Gasteiger partial charge < -0.3 is 20.1 Å². The van der Waals surface area contributed by atoms with Crippen molar-refractivity contribution in [3.8, 4) is 11.5 Å². The Bertz CT molecular complexity index is 956. The molecule has 148 valence electrons. The molecule has 0 fully saturated rings. The van der Waals surface area contributed by atoms with Crippen LogP contribution < -0.4 is 15.4 Å². The maximum atomic E-state index is 12.0. The molecule has 0 aromatic heterocycles. The van der Waals surface area contributed by atoms with Gasteiger partial charge in [0.15, 0.2) is 0 Å². The van der Waals surface area contributed by atoms with E-state index in [1.54, 1.807) is 30.3 Å². The normalized spacial score (nSPS) is 10.2. The number of nitrogens with one attached hydrogen (secondary N) is 2. The van der Waals surface area contributed by atoms with E-state index >= 15 is 0 Å². The second-order valence-corrected chi connectivity index (χ2v) is 6.40. The Morgan fingerprint density at radius 1 is 0.724 bits per heavy atom. The van der Waals surface area contributed by atoms with E-state index in [1.807, 2.05) is 55.5 Å². The Morgan fingerprint density at radius 3 is 2.00 bits per heavy atom. The Kier molecular flexibility index (Phi) is 6.97. The van der Waals surface area contributed by atoms with E-state index in [4.69, 9.17) is 9.47 Å². The lowest BCUT2D eigenvalue weighted by Crippen LogP contribution is -2.23. The van der Waals surface area contributed by atoms with Crippen LogP contribution in [0.3, 0.4) is 0 Å². The molecular formula is C23H22N2O4. The van der Waals surface area contributed by atoms with Crippen molar-refractivity contribution in [3.05, 3.63) is 84.4 Å². The first-order chi connectivity index (χ1) is 14.1. The van der Waals surface area contributed by atoms with E-state index in [9.17, 15) is 9.59 Å². The summed E-state index contributed by atoms with van der Waals surface area (Å²) in [5, 5.41) is 5.44. The Morgan fingerprint density at radius 2 is 1.34 bits per heavy atom. The molecule has 0 saturated carbocycles. The summed E-state index contributed by atoms with van der Waals surface area (Å²) in [6.45, 7) is 1.52. The molecule has 0 saturated heterocycles. The van der Waals surface area contributed by atoms with Gasteiger partial charge in [0, 0.05) is 11.4 Å². The predicted molar refractivity (Wildman–Crippen MR) is 112 cm³/mol. The van der Waals surface area contributed by atoms with Crippen molar-refractivity contribution >= 4 is 23.2 Å². The van der Waals surface area contributed by atoms with Crippen LogP contribution in [0, 0.1) is 6.92 Å². The summed E-state index contributed by atoms with van der Waals surface area (Å²) < 4.78 is 10.9. The van der Waals surface area contributed by atoms with Crippen LogP contribution in [0.5, 0.6) is 11.5 Å².